The first-order chi connectivity index (χ1) is 15.6. The van der Waals surface area contributed by atoms with Gasteiger partial charge >= 0.3 is 5.97 Å². The van der Waals surface area contributed by atoms with Crippen molar-refractivity contribution in [2.75, 3.05) is 23.3 Å². The number of aromatic carboxylic acids is 1. The molecule has 1 saturated heterocycles. The highest BCUT2D eigenvalue weighted by Gasteiger charge is 2.35. The van der Waals surface area contributed by atoms with E-state index in [-0.39, 0.29) is 48.5 Å². The van der Waals surface area contributed by atoms with E-state index in [9.17, 15) is 28.7 Å². The molecule has 11 heteroatoms. The fourth-order valence-electron chi connectivity index (χ4n) is 3.97. The van der Waals surface area contributed by atoms with Crippen LogP contribution in [0, 0.1) is 18.3 Å². The van der Waals surface area contributed by atoms with Gasteiger partial charge in [0.25, 0.3) is 11.5 Å². The number of carboxylic acids is 1. The zero-order valence-electron chi connectivity index (χ0n) is 17.9. The Morgan fingerprint density at radius 2 is 2.06 bits per heavy atom. The molecule has 4 rings (SSSR count). The van der Waals surface area contributed by atoms with Gasteiger partial charge in [0.15, 0.2) is 11.4 Å². The van der Waals surface area contributed by atoms with Gasteiger partial charge in [0.05, 0.1) is 17.3 Å². The van der Waals surface area contributed by atoms with Crippen LogP contribution in [0.2, 0.25) is 0 Å². The molecule has 2 N–H and O–H groups in total. The van der Waals surface area contributed by atoms with E-state index in [0.717, 1.165) is 5.56 Å². The molecule has 1 unspecified atom stereocenters. The second-order valence-electron chi connectivity index (χ2n) is 8.11. The standard InChI is InChI=1S/C22H21F2N5O3S/c1-12-7-14(13(2)26-17-11-33-10-16(17)21(31)32)19-27-18(15(8-25)20(30)29(19)9-12)28-5-3-22(23,24)4-6-28/h7,9-11,13,26H,3-6H2,1-2H3,(H,31,32). The van der Waals surface area contributed by atoms with Crippen LogP contribution >= 0.6 is 11.3 Å². The highest BCUT2D eigenvalue weighted by molar-refractivity contribution is 7.08. The molecule has 1 atom stereocenters. The van der Waals surface area contributed by atoms with Crippen LogP contribution in [0.3, 0.4) is 0 Å². The Kier molecular flexibility index (Phi) is 5.80. The Morgan fingerprint density at radius 3 is 2.70 bits per heavy atom. The average molecular weight is 474 g/mol. The van der Waals surface area contributed by atoms with Crippen molar-refractivity contribution in [2.45, 2.75) is 38.7 Å². The molecular formula is C22H21F2N5O3S. The monoisotopic (exact) mass is 473 g/mol. The molecule has 3 aromatic heterocycles. The van der Waals surface area contributed by atoms with Gasteiger partial charge in [-0.25, -0.2) is 18.6 Å². The summed E-state index contributed by atoms with van der Waals surface area (Å²) in [6.07, 6.45) is 0.810. The van der Waals surface area contributed by atoms with Crippen LogP contribution < -0.4 is 15.8 Å². The molecule has 172 valence electrons. The van der Waals surface area contributed by atoms with Crippen molar-refractivity contribution in [2.24, 2.45) is 0 Å². The number of pyridine rings is 1. The SMILES string of the molecule is Cc1cc(C(C)Nc2cscc2C(=O)O)c2nc(N3CCC(F)(F)CC3)c(C#N)c(=O)n2c1. The summed E-state index contributed by atoms with van der Waals surface area (Å²) in [5, 5.41) is 25.4. The molecule has 0 aromatic carbocycles. The van der Waals surface area contributed by atoms with Crippen molar-refractivity contribution in [3.8, 4) is 6.07 Å². The summed E-state index contributed by atoms with van der Waals surface area (Å²) < 4.78 is 28.6. The molecule has 0 saturated carbocycles. The lowest BCUT2D eigenvalue weighted by molar-refractivity contribution is -0.0221. The van der Waals surface area contributed by atoms with Gasteiger partial charge in [-0.3, -0.25) is 9.20 Å². The number of nitrogens with one attached hydrogen (secondary N) is 1. The van der Waals surface area contributed by atoms with E-state index in [1.807, 2.05) is 19.1 Å². The minimum atomic E-state index is -2.78. The second kappa shape index (κ2) is 8.44. The Labute approximate surface area is 191 Å². The third kappa shape index (κ3) is 4.26. The number of hydrogen-bond donors (Lipinski definition) is 2. The van der Waals surface area contributed by atoms with Crippen LogP contribution in [-0.4, -0.2) is 39.5 Å². The zero-order valence-corrected chi connectivity index (χ0v) is 18.7. The molecule has 0 amide bonds. The quantitative estimate of drug-likeness (QED) is 0.575. The van der Waals surface area contributed by atoms with Crippen LogP contribution in [0.15, 0.2) is 27.8 Å². The van der Waals surface area contributed by atoms with Gasteiger partial charge in [0.2, 0.25) is 0 Å². The molecule has 0 spiro atoms. The van der Waals surface area contributed by atoms with Gasteiger partial charge in [0, 0.05) is 48.5 Å². The number of alkyl halides is 2. The lowest BCUT2D eigenvalue weighted by Gasteiger charge is -2.33. The molecule has 3 aromatic rings. The van der Waals surface area contributed by atoms with Gasteiger partial charge in [-0.05, 0) is 25.5 Å². The lowest BCUT2D eigenvalue weighted by Crippen LogP contribution is -2.41. The fourth-order valence-corrected chi connectivity index (χ4v) is 4.74. The van der Waals surface area contributed by atoms with Crippen molar-refractivity contribution in [1.82, 2.24) is 9.38 Å². The number of halogens is 2. The summed E-state index contributed by atoms with van der Waals surface area (Å²) in [5.74, 6) is -3.74. The Morgan fingerprint density at radius 1 is 1.36 bits per heavy atom. The van der Waals surface area contributed by atoms with E-state index in [1.165, 1.54) is 21.1 Å². The number of piperidine rings is 1. The number of aryl methyl sites for hydroxylation is 1. The largest absolute Gasteiger partial charge is 0.478 e. The summed E-state index contributed by atoms with van der Waals surface area (Å²) >= 11 is 1.25. The van der Waals surface area contributed by atoms with Gasteiger partial charge in [0.1, 0.15) is 11.7 Å². The van der Waals surface area contributed by atoms with Crippen molar-refractivity contribution in [3.05, 3.63) is 55.6 Å². The summed E-state index contributed by atoms with van der Waals surface area (Å²) in [4.78, 5) is 30.8. The van der Waals surface area contributed by atoms with E-state index in [0.29, 0.717) is 11.3 Å². The second-order valence-corrected chi connectivity index (χ2v) is 8.85. The third-order valence-corrected chi connectivity index (χ3v) is 6.45. The molecule has 0 aliphatic carbocycles. The number of carboxylic acid groups (broad SMARTS) is 1. The summed E-state index contributed by atoms with van der Waals surface area (Å²) in [6, 6.07) is 3.28. The van der Waals surface area contributed by atoms with Crippen molar-refractivity contribution >= 4 is 34.5 Å². The highest BCUT2D eigenvalue weighted by atomic mass is 32.1. The highest BCUT2D eigenvalue weighted by Crippen LogP contribution is 2.32. The van der Waals surface area contributed by atoms with E-state index in [1.54, 1.807) is 23.4 Å². The molecule has 4 heterocycles. The molecular weight excluding hydrogens is 452 g/mol. The number of carbonyl (C=O) groups is 1. The van der Waals surface area contributed by atoms with Gasteiger partial charge in [-0.2, -0.15) is 5.26 Å². The first kappa shape index (κ1) is 22.7. The van der Waals surface area contributed by atoms with Crippen molar-refractivity contribution < 1.29 is 18.7 Å². The van der Waals surface area contributed by atoms with Crippen LogP contribution in [-0.2, 0) is 0 Å². The topological polar surface area (TPSA) is 111 Å². The molecule has 1 aliphatic heterocycles. The lowest BCUT2D eigenvalue weighted by atomic mass is 10.1. The number of fused-ring (bicyclic) bond motifs is 1. The van der Waals surface area contributed by atoms with E-state index < -0.39 is 23.5 Å². The maximum Gasteiger partial charge on any atom is 0.338 e. The Hall–Kier alpha value is -3.52. The molecule has 1 aliphatic rings. The molecule has 8 nitrogen and oxygen atoms in total. The van der Waals surface area contributed by atoms with Crippen LogP contribution in [0.1, 0.15) is 52.9 Å². The van der Waals surface area contributed by atoms with Crippen molar-refractivity contribution in [1.29, 1.82) is 5.26 Å². The van der Waals surface area contributed by atoms with Gasteiger partial charge in [-0.1, -0.05) is 0 Å². The number of nitriles is 1. The number of thiophene rings is 1. The number of rotatable bonds is 5. The summed E-state index contributed by atoms with van der Waals surface area (Å²) in [5.41, 5.74) is 1.44. The smallest absolute Gasteiger partial charge is 0.338 e. The summed E-state index contributed by atoms with van der Waals surface area (Å²) in [7, 11) is 0. The normalized spacial score (nSPS) is 16.4. The molecule has 0 radical (unpaired) electrons. The summed E-state index contributed by atoms with van der Waals surface area (Å²) in [6.45, 7) is 3.57. The number of anilines is 2. The first-order valence-electron chi connectivity index (χ1n) is 10.3. The molecule has 1 fully saturated rings. The van der Waals surface area contributed by atoms with Gasteiger partial charge < -0.3 is 15.3 Å². The predicted molar refractivity (Wildman–Crippen MR) is 121 cm³/mol. The zero-order chi connectivity index (χ0) is 23.9. The van der Waals surface area contributed by atoms with E-state index >= 15 is 0 Å². The van der Waals surface area contributed by atoms with Crippen LogP contribution in [0.25, 0.3) is 5.65 Å². The maximum atomic E-state index is 13.7. The maximum absolute atomic E-state index is 13.7. The molecule has 0 bridgehead atoms. The first-order valence-corrected chi connectivity index (χ1v) is 11.2. The van der Waals surface area contributed by atoms with E-state index in [2.05, 4.69) is 10.3 Å². The Bertz CT molecular complexity index is 1330. The van der Waals surface area contributed by atoms with Gasteiger partial charge in [-0.15, -0.1) is 11.3 Å². The molecule has 33 heavy (non-hydrogen) atoms. The number of hydrogen-bond acceptors (Lipinski definition) is 7. The van der Waals surface area contributed by atoms with Crippen molar-refractivity contribution in [3.63, 3.8) is 0 Å². The average Bonchev–Trinajstić information content (AvgIpc) is 3.22. The Balaban J connectivity index is 1.83. The minimum absolute atomic E-state index is 0.0177. The number of nitrogens with zero attached hydrogens (tertiary/aromatic N) is 4. The minimum Gasteiger partial charge on any atom is -0.478 e. The van der Waals surface area contributed by atoms with Crippen LogP contribution in [0.5, 0.6) is 0 Å². The predicted octanol–water partition coefficient (Wildman–Crippen LogP) is 4.04. The van der Waals surface area contributed by atoms with E-state index in [4.69, 9.17) is 0 Å². The third-order valence-electron chi connectivity index (χ3n) is 5.71. The van der Waals surface area contributed by atoms with Crippen LogP contribution in [0.4, 0.5) is 20.3 Å². The number of aromatic nitrogens is 2. The fraction of sp³-hybridized carbons (Fsp3) is 0.364.